The fraction of sp³-hybridized carbons (Fsp3) is 0.667. The van der Waals surface area contributed by atoms with Gasteiger partial charge in [0.2, 0.25) is 11.8 Å². The SMILES string of the molecule is C=CCCCCN(C)C(=O)C1CC(OC(N)=O)CC1C(=O)N(C(N)=O)C1(S(=O)(=O)C2CC2)CC1C=C. The number of urea groups is 1. The van der Waals surface area contributed by atoms with Crippen LogP contribution in [-0.4, -0.2) is 72.0 Å². The summed E-state index contributed by atoms with van der Waals surface area (Å²) in [7, 11) is -2.30. The van der Waals surface area contributed by atoms with E-state index in [0.29, 0.717) is 24.3 Å². The van der Waals surface area contributed by atoms with Crippen molar-refractivity contribution in [2.75, 3.05) is 13.6 Å². The Morgan fingerprint density at radius 1 is 1.06 bits per heavy atom. The van der Waals surface area contributed by atoms with E-state index in [1.165, 1.54) is 11.0 Å². The average molecular weight is 525 g/mol. The van der Waals surface area contributed by atoms with Crippen molar-refractivity contribution in [1.29, 1.82) is 0 Å². The minimum atomic E-state index is -3.91. The molecule has 12 heteroatoms. The van der Waals surface area contributed by atoms with Gasteiger partial charge in [-0.1, -0.05) is 12.2 Å². The number of nitrogens with two attached hydrogens (primary N) is 2. The molecule has 0 bridgehead atoms. The number of primary amides is 2. The van der Waals surface area contributed by atoms with Crippen molar-refractivity contribution in [2.24, 2.45) is 29.2 Å². The lowest BCUT2D eigenvalue weighted by Crippen LogP contribution is -2.57. The van der Waals surface area contributed by atoms with Gasteiger partial charge in [0, 0.05) is 19.5 Å². The summed E-state index contributed by atoms with van der Waals surface area (Å²) in [6.45, 7) is 7.78. The third kappa shape index (κ3) is 5.14. The summed E-state index contributed by atoms with van der Waals surface area (Å²) >= 11 is 0. The topological polar surface area (TPSA) is 170 Å². The van der Waals surface area contributed by atoms with Crippen LogP contribution >= 0.6 is 0 Å². The predicted octanol–water partition coefficient (Wildman–Crippen LogP) is 1.68. The van der Waals surface area contributed by atoms with Gasteiger partial charge in [-0.15, -0.1) is 13.2 Å². The molecule has 5 unspecified atom stereocenters. The molecule has 3 aliphatic rings. The second kappa shape index (κ2) is 10.6. The summed E-state index contributed by atoms with van der Waals surface area (Å²) in [5.74, 6) is -3.91. The van der Waals surface area contributed by atoms with Gasteiger partial charge in [-0.3, -0.25) is 9.59 Å². The standard InChI is InChI=1S/C24H36N4O7S/c1-4-6-7-8-11-27(3)20(29)18-12-16(35-23(26)32)13-19(18)21(30)28(22(25)31)24(14-15(24)5-2)36(33,34)17-9-10-17/h4-5,15-19H,1-2,6-14H2,3H3,(H2,25,31)(H2,26,32). The van der Waals surface area contributed by atoms with E-state index in [0.717, 1.165) is 19.3 Å². The molecule has 200 valence electrons. The van der Waals surface area contributed by atoms with E-state index >= 15 is 0 Å². The molecule has 0 radical (unpaired) electrons. The van der Waals surface area contributed by atoms with Crippen molar-refractivity contribution in [3.63, 3.8) is 0 Å². The van der Waals surface area contributed by atoms with Crippen molar-refractivity contribution in [2.45, 2.75) is 67.6 Å². The molecular weight excluding hydrogens is 488 g/mol. The van der Waals surface area contributed by atoms with Crippen molar-refractivity contribution in [3.8, 4) is 0 Å². The lowest BCUT2D eigenvalue weighted by Gasteiger charge is -2.33. The predicted molar refractivity (Wildman–Crippen MR) is 132 cm³/mol. The van der Waals surface area contributed by atoms with Crippen LogP contribution in [0, 0.1) is 17.8 Å². The minimum Gasteiger partial charge on any atom is -0.446 e. The van der Waals surface area contributed by atoms with E-state index in [2.05, 4.69) is 13.2 Å². The molecule has 0 spiro atoms. The fourth-order valence-electron chi connectivity index (χ4n) is 5.38. The van der Waals surface area contributed by atoms with Crippen LogP contribution in [0.1, 0.15) is 51.4 Å². The minimum absolute atomic E-state index is 0.0137. The zero-order valence-corrected chi connectivity index (χ0v) is 21.5. The van der Waals surface area contributed by atoms with E-state index in [1.54, 1.807) is 13.1 Å². The summed E-state index contributed by atoms with van der Waals surface area (Å²) in [5.41, 5.74) is 10.8. The highest BCUT2D eigenvalue weighted by Crippen LogP contribution is 2.58. The van der Waals surface area contributed by atoms with Crippen molar-refractivity contribution in [3.05, 3.63) is 25.3 Å². The second-order valence-corrected chi connectivity index (χ2v) is 12.4. The quantitative estimate of drug-likeness (QED) is 0.289. The first kappa shape index (κ1) is 27.7. The Morgan fingerprint density at radius 3 is 2.14 bits per heavy atom. The molecule has 3 rings (SSSR count). The smallest absolute Gasteiger partial charge is 0.404 e. The molecule has 0 aromatic heterocycles. The highest BCUT2D eigenvalue weighted by Gasteiger charge is 2.72. The van der Waals surface area contributed by atoms with Gasteiger partial charge in [0.1, 0.15) is 6.10 Å². The lowest BCUT2D eigenvalue weighted by atomic mass is 9.93. The van der Waals surface area contributed by atoms with Gasteiger partial charge < -0.3 is 21.1 Å². The lowest BCUT2D eigenvalue weighted by molar-refractivity contribution is -0.143. The normalized spacial score (nSPS) is 29.1. The third-order valence-electron chi connectivity index (χ3n) is 7.46. The first-order chi connectivity index (χ1) is 16.9. The van der Waals surface area contributed by atoms with E-state index < -0.39 is 61.8 Å². The number of carbonyl (C=O) groups is 4. The van der Waals surface area contributed by atoms with Gasteiger partial charge in [0.05, 0.1) is 17.1 Å². The number of nitrogens with zero attached hydrogens (tertiary/aromatic N) is 2. The summed E-state index contributed by atoms with van der Waals surface area (Å²) in [4.78, 5) is 51.6. The van der Waals surface area contributed by atoms with Gasteiger partial charge >= 0.3 is 12.1 Å². The Hall–Kier alpha value is -2.89. The van der Waals surface area contributed by atoms with Crippen LogP contribution in [0.15, 0.2) is 25.3 Å². The van der Waals surface area contributed by atoms with Crippen LogP contribution in [0.4, 0.5) is 9.59 Å². The molecule has 0 saturated heterocycles. The Balaban J connectivity index is 1.91. The van der Waals surface area contributed by atoms with Crippen LogP contribution in [0.3, 0.4) is 0 Å². The number of carbonyl (C=O) groups excluding carboxylic acids is 4. The first-order valence-electron chi connectivity index (χ1n) is 12.2. The Kier molecular flexibility index (Phi) is 8.17. The number of hydrogen-bond donors (Lipinski definition) is 2. The third-order valence-corrected chi connectivity index (χ3v) is 10.4. The van der Waals surface area contributed by atoms with Gasteiger partial charge in [-0.05, 0) is 51.4 Å². The van der Waals surface area contributed by atoms with Crippen molar-refractivity contribution < 1.29 is 32.3 Å². The van der Waals surface area contributed by atoms with E-state index in [-0.39, 0.29) is 25.2 Å². The summed E-state index contributed by atoms with van der Waals surface area (Å²) in [6, 6.07) is -1.20. The maximum Gasteiger partial charge on any atom is 0.404 e. The molecule has 5 amide bonds. The van der Waals surface area contributed by atoms with Crippen LogP contribution in [0.2, 0.25) is 0 Å². The number of amides is 5. The van der Waals surface area contributed by atoms with Gasteiger partial charge in [-0.2, -0.15) is 0 Å². The van der Waals surface area contributed by atoms with Gasteiger partial charge in [0.25, 0.3) is 0 Å². The van der Waals surface area contributed by atoms with E-state index in [4.69, 9.17) is 16.2 Å². The summed E-state index contributed by atoms with van der Waals surface area (Å²) in [6.07, 6.45) is 4.53. The number of imide groups is 1. The molecular formula is C24H36N4O7S. The van der Waals surface area contributed by atoms with Crippen LogP contribution < -0.4 is 11.5 Å². The van der Waals surface area contributed by atoms with Crippen molar-refractivity contribution >= 4 is 33.8 Å². The monoisotopic (exact) mass is 524 g/mol. The molecule has 5 atom stereocenters. The zero-order valence-electron chi connectivity index (χ0n) is 20.6. The molecule has 0 aromatic carbocycles. The van der Waals surface area contributed by atoms with Gasteiger partial charge in [0.15, 0.2) is 14.7 Å². The number of unbranched alkanes of at least 4 members (excludes halogenated alkanes) is 2. The maximum atomic E-state index is 13.9. The molecule has 0 aromatic rings. The summed E-state index contributed by atoms with van der Waals surface area (Å²) in [5, 5.41) is -0.647. The Bertz CT molecular complexity index is 1040. The fourth-order valence-corrected chi connectivity index (χ4v) is 8.08. The van der Waals surface area contributed by atoms with E-state index in [9.17, 15) is 27.6 Å². The molecule has 36 heavy (non-hydrogen) atoms. The Labute approximate surface area is 211 Å². The van der Waals surface area contributed by atoms with Crippen LogP contribution in [-0.2, 0) is 24.2 Å². The van der Waals surface area contributed by atoms with Crippen molar-refractivity contribution in [1.82, 2.24) is 9.80 Å². The molecule has 0 aliphatic heterocycles. The molecule has 3 fully saturated rings. The number of sulfone groups is 1. The molecule has 4 N–H and O–H groups in total. The maximum absolute atomic E-state index is 13.9. The molecule has 0 heterocycles. The first-order valence-corrected chi connectivity index (χ1v) is 13.8. The number of allylic oxidation sites excluding steroid dienone is 1. The molecule has 3 aliphatic carbocycles. The number of rotatable bonds is 12. The number of ether oxygens (including phenoxy) is 1. The van der Waals surface area contributed by atoms with Crippen LogP contribution in [0.25, 0.3) is 0 Å². The number of hydrogen-bond acceptors (Lipinski definition) is 7. The highest BCUT2D eigenvalue weighted by molar-refractivity contribution is 7.94. The molecule has 11 nitrogen and oxygen atoms in total. The van der Waals surface area contributed by atoms with E-state index in [1.807, 2.05) is 0 Å². The second-order valence-electron chi connectivity index (χ2n) is 9.93. The van der Waals surface area contributed by atoms with Crippen LogP contribution in [0.5, 0.6) is 0 Å². The molecule has 3 saturated carbocycles. The van der Waals surface area contributed by atoms with Gasteiger partial charge in [-0.25, -0.2) is 22.9 Å². The Morgan fingerprint density at radius 2 is 1.67 bits per heavy atom. The highest BCUT2D eigenvalue weighted by atomic mass is 32.2. The summed E-state index contributed by atoms with van der Waals surface area (Å²) < 4.78 is 31.9. The average Bonchev–Trinajstić information content (AvgIpc) is 3.72. The zero-order chi connectivity index (χ0) is 26.8. The largest absolute Gasteiger partial charge is 0.446 e.